The number of nitrogens with zero attached hydrogens (tertiary/aromatic N) is 4. The number of likely N-dealkylation sites (N-methyl/N-ethyl adjacent to an activating group) is 1. The Balaban J connectivity index is 1.93. The molecule has 3 rings (SSSR count). The molecule has 0 radical (unpaired) electrons. The number of nitrogens with one attached hydrogen (secondary N) is 1. The van der Waals surface area contributed by atoms with Crippen LogP contribution in [0.4, 0.5) is 5.69 Å². The summed E-state index contributed by atoms with van der Waals surface area (Å²) in [6.07, 6.45) is 3.94. The number of ether oxygens (including phenoxy) is 3. The number of hydrogen-bond acceptors (Lipinski definition) is 8. The average Bonchev–Trinajstić information content (AvgIpc) is 2.88. The zero-order chi connectivity index (χ0) is 26.2. The van der Waals surface area contributed by atoms with E-state index in [0.29, 0.717) is 24.5 Å². The largest absolute Gasteiger partial charge is 0.491 e. The van der Waals surface area contributed by atoms with E-state index in [0.717, 1.165) is 0 Å². The van der Waals surface area contributed by atoms with Crippen molar-refractivity contribution >= 4 is 23.4 Å². The Morgan fingerprint density at radius 1 is 1.19 bits per heavy atom. The fourth-order valence-electron chi connectivity index (χ4n) is 4.02. The van der Waals surface area contributed by atoms with Gasteiger partial charge in [0.1, 0.15) is 24.7 Å². The molecule has 194 valence electrons. The van der Waals surface area contributed by atoms with Gasteiger partial charge in [0.05, 0.1) is 23.9 Å². The number of carbonyl (C=O) groups is 3. The van der Waals surface area contributed by atoms with Gasteiger partial charge in [-0.25, -0.2) is 4.98 Å². The van der Waals surface area contributed by atoms with Gasteiger partial charge in [0.15, 0.2) is 0 Å². The van der Waals surface area contributed by atoms with Gasteiger partial charge < -0.3 is 29.3 Å². The molecule has 0 spiro atoms. The summed E-state index contributed by atoms with van der Waals surface area (Å²) in [6.45, 7) is 4.71. The van der Waals surface area contributed by atoms with Gasteiger partial charge in [-0.3, -0.25) is 19.4 Å². The Bertz CT molecular complexity index is 1070. The predicted octanol–water partition coefficient (Wildman–Crippen LogP) is 1.71. The molecule has 0 saturated carbocycles. The Hall–Kier alpha value is -3.57. The first-order chi connectivity index (χ1) is 17.2. The highest BCUT2D eigenvalue weighted by atomic mass is 16.5. The van der Waals surface area contributed by atoms with Crippen molar-refractivity contribution in [1.82, 2.24) is 19.8 Å². The van der Waals surface area contributed by atoms with Gasteiger partial charge in [0, 0.05) is 58.4 Å². The summed E-state index contributed by atoms with van der Waals surface area (Å²) < 4.78 is 16.8. The van der Waals surface area contributed by atoms with Crippen LogP contribution in [0, 0.1) is 5.92 Å². The standard InChI is InChI=1S/C25H33N5O6/c1-16-12-30(23(31)15-34-4)17(2)14-36-21-7-6-18(28-24(32)20-11-26-8-9-27-20)10-19(21)25(33)29(3)13-22(16)35-5/h6-11,16-17,22H,12-15H2,1-5H3,(H,28,32)/t16-,17-,22-/m0/s1. The molecule has 1 aromatic heterocycles. The molecule has 0 aliphatic carbocycles. The maximum atomic E-state index is 13.4. The van der Waals surface area contributed by atoms with Crippen LogP contribution in [0.2, 0.25) is 0 Å². The van der Waals surface area contributed by atoms with Gasteiger partial charge in [-0.05, 0) is 25.1 Å². The van der Waals surface area contributed by atoms with Crippen molar-refractivity contribution in [2.75, 3.05) is 52.9 Å². The van der Waals surface area contributed by atoms with E-state index in [1.807, 2.05) is 13.8 Å². The van der Waals surface area contributed by atoms with Gasteiger partial charge >= 0.3 is 0 Å². The number of rotatable bonds is 5. The van der Waals surface area contributed by atoms with E-state index < -0.39 is 5.91 Å². The topological polar surface area (TPSA) is 123 Å². The van der Waals surface area contributed by atoms with E-state index in [1.54, 1.807) is 42.2 Å². The molecule has 2 aromatic rings. The second-order valence-electron chi connectivity index (χ2n) is 8.83. The smallest absolute Gasteiger partial charge is 0.275 e. The van der Waals surface area contributed by atoms with Crippen LogP contribution in [0.15, 0.2) is 36.8 Å². The Labute approximate surface area is 210 Å². The van der Waals surface area contributed by atoms with Crippen molar-refractivity contribution in [3.8, 4) is 5.75 Å². The molecule has 2 heterocycles. The van der Waals surface area contributed by atoms with Gasteiger partial charge in [-0.2, -0.15) is 0 Å². The lowest BCUT2D eigenvalue weighted by Gasteiger charge is -2.36. The lowest BCUT2D eigenvalue weighted by Crippen LogP contribution is -2.49. The predicted molar refractivity (Wildman–Crippen MR) is 132 cm³/mol. The third-order valence-electron chi connectivity index (χ3n) is 6.09. The first kappa shape index (κ1) is 27.0. The lowest BCUT2D eigenvalue weighted by molar-refractivity contribution is -0.139. The molecule has 1 N–H and O–H groups in total. The molecule has 0 unspecified atom stereocenters. The minimum absolute atomic E-state index is 0.0431. The summed E-state index contributed by atoms with van der Waals surface area (Å²) in [7, 11) is 4.75. The molecule has 1 aromatic carbocycles. The number of hydrogen-bond donors (Lipinski definition) is 1. The van der Waals surface area contributed by atoms with E-state index in [4.69, 9.17) is 14.2 Å². The molecule has 11 nitrogen and oxygen atoms in total. The molecule has 1 aliphatic heterocycles. The second-order valence-corrected chi connectivity index (χ2v) is 8.83. The summed E-state index contributed by atoms with van der Waals surface area (Å²) in [6, 6.07) is 4.55. The number of amides is 3. The van der Waals surface area contributed by atoms with Crippen LogP contribution in [0.1, 0.15) is 34.7 Å². The van der Waals surface area contributed by atoms with Crippen molar-refractivity contribution in [2.45, 2.75) is 26.0 Å². The maximum Gasteiger partial charge on any atom is 0.275 e. The molecule has 0 fully saturated rings. The fraction of sp³-hybridized carbons (Fsp3) is 0.480. The van der Waals surface area contributed by atoms with Crippen molar-refractivity contribution < 1.29 is 28.6 Å². The summed E-state index contributed by atoms with van der Waals surface area (Å²) in [5, 5.41) is 2.74. The SMILES string of the molecule is COCC(=O)N1C[C@H](C)[C@@H](OC)CN(C)C(=O)c2cc(NC(=O)c3cnccn3)ccc2OC[C@@H]1C. The molecular formula is C25H33N5O6. The van der Waals surface area contributed by atoms with Gasteiger partial charge in [-0.15, -0.1) is 0 Å². The highest BCUT2D eigenvalue weighted by molar-refractivity contribution is 6.04. The molecule has 0 saturated heterocycles. The number of fused-ring (bicyclic) bond motifs is 1. The molecule has 3 atom stereocenters. The van der Waals surface area contributed by atoms with Crippen molar-refractivity contribution in [1.29, 1.82) is 0 Å². The maximum absolute atomic E-state index is 13.4. The van der Waals surface area contributed by atoms with E-state index in [-0.39, 0.29) is 54.3 Å². The van der Waals surface area contributed by atoms with Crippen LogP contribution in [0.5, 0.6) is 5.75 Å². The van der Waals surface area contributed by atoms with E-state index >= 15 is 0 Å². The minimum Gasteiger partial charge on any atom is -0.491 e. The fourth-order valence-corrected chi connectivity index (χ4v) is 4.02. The van der Waals surface area contributed by atoms with Crippen LogP contribution in [-0.2, 0) is 14.3 Å². The zero-order valence-corrected chi connectivity index (χ0v) is 21.3. The van der Waals surface area contributed by atoms with Crippen LogP contribution in [0.25, 0.3) is 0 Å². The van der Waals surface area contributed by atoms with E-state index in [1.165, 1.54) is 25.7 Å². The summed E-state index contributed by atoms with van der Waals surface area (Å²) in [4.78, 5) is 49.9. The Morgan fingerprint density at radius 2 is 1.97 bits per heavy atom. The van der Waals surface area contributed by atoms with Gasteiger partial charge in [-0.1, -0.05) is 6.92 Å². The molecular weight excluding hydrogens is 466 g/mol. The highest BCUT2D eigenvalue weighted by Crippen LogP contribution is 2.26. The monoisotopic (exact) mass is 499 g/mol. The number of benzene rings is 1. The third kappa shape index (κ3) is 6.55. The molecule has 3 amide bonds. The van der Waals surface area contributed by atoms with Crippen molar-refractivity contribution in [2.24, 2.45) is 5.92 Å². The highest BCUT2D eigenvalue weighted by Gasteiger charge is 2.30. The first-order valence-corrected chi connectivity index (χ1v) is 11.7. The zero-order valence-electron chi connectivity index (χ0n) is 21.3. The number of methoxy groups -OCH3 is 2. The number of carbonyl (C=O) groups excluding carboxylic acids is 3. The van der Waals surface area contributed by atoms with Crippen molar-refractivity contribution in [3.63, 3.8) is 0 Å². The van der Waals surface area contributed by atoms with Gasteiger partial charge in [0.25, 0.3) is 11.8 Å². The second kappa shape index (κ2) is 12.4. The van der Waals surface area contributed by atoms with Crippen LogP contribution in [-0.4, -0.2) is 97.2 Å². The summed E-state index contributed by atoms with van der Waals surface area (Å²) >= 11 is 0. The van der Waals surface area contributed by atoms with Crippen LogP contribution in [0.3, 0.4) is 0 Å². The lowest BCUT2D eigenvalue weighted by atomic mass is 10.0. The van der Waals surface area contributed by atoms with Gasteiger partial charge in [0.2, 0.25) is 5.91 Å². The number of anilines is 1. The Kier molecular flexibility index (Phi) is 9.31. The molecule has 36 heavy (non-hydrogen) atoms. The van der Waals surface area contributed by atoms with Crippen molar-refractivity contribution in [3.05, 3.63) is 48.0 Å². The van der Waals surface area contributed by atoms with E-state index in [2.05, 4.69) is 15.3 Å². The summed E-state index contributed by atoms with van der Waals surface area (Å²) in [5.74, 6) is -0.607. The first-order valence-electron chi connectivity index (χ1n) is 11.7. The molecule has 1 aliphatic rings. The normalized spacial score (nSPS) is 21.0. The third-order valence-corrected chi connectivity index (χ3v) is 6.09. The minimum atomic E-state index is -0.452. The van der Waals surface area contributed by atoms with Crippen LogP contribution < -0.4 is 10.1 Å². The van der Waals surface area contributed by atoms with Crippen LogP contribution >= 0.6 is 0 Å². The number of aromatic nitrogens is 2. The quantitative estimate of drug-likeness (QED) is 0.660. The summed E-state index contributed by atoms with van der Waals surface area (Å²) in [5.41, 5.74) is 0.833. The molecule has 11 heteroatoms. The average molecular weight is 500 g/mol. The Morgan fingerprint density at radius 3 is 2.64 bits per heavy atom. The van der Waals surface area contributed by atoms with E-state index in [9.17, 15) is 14.4 Å². The molecule has 0 bridgehead atoms.